The molecule has 1 aromatic rings. The summed E-state index contributed by atoms with van der Waals surface area (Å²) in [4.78, 5) is 112. The zero-order chi connectivity index (χ0) is 50.8. The van der Waals surface area contributed by atoms with Gasteiger partial charge < -0.3 is 64.1 Å². The SMILES string of the molecule is CC1NC(=O)C(CCC(N)=O)NC(=O)C(C(C)O)NC(=O)C(CCc2ccccc2)NC(=O)C(C(C)C)NC(=O)C(NC(=O)CC(O)CCCCCCCCCCCCN=C(N)N)C(C)OC1=O. The van der Waals surface area contributed by atoms with Gasteiger partial charge in [0.15, 0.2) is 5.96 Å². The van der Waals surface area contributed by atoms with Crippen LogP contribution in [0.15, 0.2) is 35.3 Å². The van der Waals surface area contributed by atoms with E-state index in [2.05, 4.69) is 36.9 Å². The van der Waals surface area contributed by atoms with Crippen molar-refractivity contribution in [3.63, 3.8) is 0 Å². The van der Waals surface area contributed by atoms with Gasteiger partial charge in [0.1, 0.15) is 42.4 Å². The maximum Gasteiger partial charge on any atom is 0.328 e. The number of aliphatic hydroxyl groups is 2. The Morgan fingerprint density at radius 1 is 0.691 bits per heavy atom. The largest absolute Gasteiger partial charge is 0.458 e. The van der Waals surface area contributed by atoms with Gasteiger partial charge in [0.05, 0.1) is 18.6 Å². The number of aliphatic hydroxyl groups excluding tert-OH is 2. The molecule has 68 heavy (non-hydrogen) atoms. The molecule has 0 saturated carbocycles. The van der Waals surface area contributed by atoms with Crippen LogP contribution < -0.4 is 49.1 Å². The van der Waals surface area contributed by atoms with E-state index in [4.69, 9.17) is 21.9 Å². The molecule has 21 nitrogen and oxygen atoms in total. The fourth-order valence-corrected chi connectivity index (χ4v) is 7.52. The first kappa shape index (κ1) is 58.3. The molecule has 0 aliphatic carbocycles. The zero-order valence-electron chi connectivity index (χ0n) is 40.4. The number of hydrogen-bond acceptors (Lipinski definition) is 12. The highest BCUT2D eigenvalue weighted by molar-refractivity contribution is 5.97. The average Bonchev–Trinajstić information content (AvgIpc) is 3.27. The fraction of sp³-hybridized carbons (Fsp3) is 0.681. The maximum absolute atomic E-state index is 14.2. The van der Waals surface area contributed by atoms with Crippen LogP contribution in [0.25, 0.3) is 0 Å². The van der Waals surface area contributed by atoms with Crippen LogP contribution in [0, 0.1) is 5.92 Å². The van der Waals surface area contributed by atoms with Crippen LogP contribution in [0.1, 0.15) is 136 Å². The molecule has 1 fully saturated rings. The van der Waals surface area contributed by atoms with Gasteiger partial charge >= 0.3 is 5.97 Å². The summed E-state index contributed by atoms with van der Waals surface area (Å²) in [5.74, 6) is -7.64. The van der Waals surface area contributed by atoms with Crippen LogP contribution >= 0.6 is 0 Å². The van der Waals surface area contributed by atoms with E-state index >= 15 is 0 Å². The molecular formula is C47H78N10O11. The standard InChI is InChI=1S/C47H78N10O11/c1-28(2)38-43(64)53-34(23-22-32-19-15-14-16-20-32)42(63)57-39(30(4)58)44(65)54-35(24-25-36(48)60)41(62)52-29(3)46(67)68-31(5)40(45(66)56-38)55-37(61)27-33(59)21-17-12-10-8-6-7-9-11-13-18-26-51-47(49)50/h14-16,19-20,28-31,33-35,38-40,58-59H,6-13,17-18,21-27H2,1-5H3,(H2,48,60)(H,52,62)(H,53,64)(H,54,65)(H,55,61)(H,56,66)(H,57,63)(H4,49,50,51). The molecule has 21 heteroatoms. The van der Waals surface area contributed by atoms with E-state index in [9.17, 15) is 48.6 Å². The molecule has 14 N–H and O–H groups in total. The number of amides is 7. The molecule has 0 bridgehead atoms. The second kappa shape index (κ2) is 31.3. The molecule has 9 atom stereocenters. The van der Waals surface area contributed by atoms with E-state index in [1.165, 1.54) is 20.8 Å². The summed E-state index contributed by atoms with van der Waals surface area (Å²) in [7, 11) is 0. The molecule has 0 aromatic heterocycles. The first-order valence-electron chi connectivity index (χ1n) is 24.0. The van der Waals surface area contributed by atoms with Gasteiger partial charge in [-0.15, -0.1) is 0 Å². The smallest absolute Gasteiger partial charge is 0.328 e. The summed E-state index contributed by atoms with van der Waals surface area (Å²) < 4.78 is 5.60. The third-order valence-corrected chi connectivity index (χ3v) is 11.6. The molecule has 2 rings (SSSR count). The lowest BCUT2D eigenvalue weighted by Gasteiger charge is -2.30. The summed E-state index contributed by atoms with van der Waals surface area (Å²) in [5.41, 5.74) is 16.8. The van der Waals surface area contributed by atoms with E-state index in [1.54, 1.807) is 26.0 Å². The topological polar surface area (TPSA) is 349 Å². The van der Waals surface area contributed by atoms with Crippen molar-refractivity contribution in [3.05, 3.63) is 35.9 Å². The lowest BCUT2D eigenvalue weighted by Crippen LogP contribution is -2.62. The van der Waals surface area contributed by atoms with E-state index in [1.807, 2.05) is 18.2 Å². The van der Waals surface area contributed by atoms with Gasteiger partial charge in [0.25, 0.3) is 0 Å². The molecule has 1 aliphatic heterocycles. The minimum atomic E-state index is -1.66. The number of nitrogens with one attached hydrogen (secondary N) is 6. The lowest BCUT2D eigenvalue weighted by molar-refractivity contribution is -0.155. The van der Waals surface area contributed by atoms with Crippen LogP contribution in [-0.4, -0.2) is 125 Å². The number of unbranched alkanes of at least 4 members (excludes halogenated alkanes) is 9. The van der Waals surface area contributed by atoms with Crippen LogP contribution in [0.3, 0.4) is 0 Å². The Kier molecular flexibility index (Phi) is 26.8. The summed E-state index contributed by atoms with van der Waals surface area (Å²) in [6.07, 6.45) is 5.61. The predicted octanol–water partition coefficient (Wildman–Crippen LogP) is 0.111. The number of aryl methyl sites for hydroxylation is 1. The van der Waals surface area contributed by atoms with Crippen molar-refractivity contribution in [2.75, 3.05) is 6.54 Å². The van der Waals surface area contributed by atoms with Crippen molar-refractivity contribution >= 4 is 53.3 Å². The highest BCUT2D eigenvalue weighted by Crippen LogP contribution is 2.15. The Labute approximate surface area is 400 Å². The first-order valence-corrected chi connectivity index (χ1v) is 24.0. The number of esters is 1. The number of guanidine groups is 1. The highest BCUT2D eigenvalue weighted by Gasteiger charge is 2.38. The highest BCUT2D eigenvalue weighted by atomic mass is 16.5. The van der Waals surface area contributed by atoms with E-state index in [-0.39, 0.29) is 38.1 Å². The maximum atomic E-state index is 14.2. The number of hydrogen-bond donors (Lipinski definition) is 11. The first-order chi connectivity index (χ1) is 32.2. The second-order valence-corrected chi connectivity index (χ2v) is 18.0. The Bertz CT molecular complexity index is 1810. The van der Waals surface area contributed by atoms with Gasteiger partial charge in [-0.2, -0.15) is 0 Å². The quantitative estimate of drug-likeness (QED) is 0.0284. The van der Waals surface area contributed by atoms with Crippen LogP contribution in [0.2, 0.25) is 0 Å². The van der Waals surface area contributed by atoms with Crippen molar-refractivity contribution in [1.82, 2.24) is 31.9 Å². The number of carbonyl (C=O) groups is 8. The van der Waals surface area contributed by atoms with Crippen molar-refractivity contribution in [1.29, 1.82) is 0 Å². The number of nitrogens with zero attached hydrogens (tertiary/aromatic N) is 1. The molecule has 1 saturated heterocycles. The number of nitrogens with two attached hydrogens (primary N) is 3. The molecular weight excluding hydrogens is 881 g/mol. The molecule has 1 heterocycles. The summed E-state index contributed by atoms with van der Waals surface area (Å²) >= 11 is 0. The number of carbonyl (C=O) groups excluding carboxylic acids is 8. The molecule has 0 radical (unpaired) electrons. The Hall–Kier alpha value is -5.83. The van der Waals surface area contributed by atoms with Gasteiger partial charge in [0, 0.05) is 13.0 Å². The van der Waals surface area contributed by atoms with Gasteiger partial charge in [-0.3, -0.25) is 38.6 Å². The summed E-state index contributed by atoms with van der Waals surface area (Å²) in [5, 5.41) is 36.6. The molecule has 0 spiro atoms. The Morgan fingerprint density at radius 3 is 1.78 bits per heavy atom. The van der Waals surface area contributed by atoms with E-state index in [0.717, 1.165) is 63.4 Å². The molecule has 382 valence electrons. The van der Waals surface area contributed by atoms with Crippen LogP contribution in [-0.2, 0) is 49.5 Å². The van der Waals surface area contributed by atoms with Crippen molar-refractivity contribution < 1.29 is 53.3 Å². The summed E-state index contributed by atoms with van der Waals surface area (Å²) in [6, 6.07) is 0.218. The van der Waals surface area contributed by atoms with Crippen molar-refractivity contribution in [3.8, 4) is 0 Å². The van der Waals surface area contributed by atoms with Gasteiger partial charge in [0.2, 0.25) is 41.4 Å². The average molecular weight is 959 g/mol. The minimum Gasteiger partial charge on any atom is -0.458 e. The van der Waals surface area contributed by atoms with Crippen molar-refractivity contribution in [2.45, 2.75) is 192 Å². The predicted molar refractivity (Wildman–Crippen MR) is 255 cm³/mol. The van der Waals surface area contributed by atoms with Crippen LogP contribution in [0.4, 0.5) is 0 Å². The van der Waals surface area contributed by atoms with E-state index in [0.29, 0.717) is 19.4 Å². The van der Waals surface area contributed by atoms with Gasteiger partial charge in [-0.05, 0) is 64.4 Å². The van der Waals surface area contributed by atoms with Crippen molar-refractivity contribution in [2.24, 2.45) is 28.1 Å². The molecule has 9 unspecified atom stereocenters. The molecule has 1 aromatic carbocycles. The second-order valence-electron chi connectivity index (χ2n) is 18.0. The third-order valence-electron chi connectivity index (χ3n) is 11.6. The fourth-order valence-electron chi connectivity index (χ4n) is 7.52. The monoisotopic (exact) mass is 959 g/mol. The zero-order valence-corrected chi connectivity index (χ0v) is 40.4. The normalized spacial score (nSPS) is 23.2. The Morgan fingerprint density at radius 2 is 1.22 bits per heavy atom. The van der Waals surface area contributed by atoms with Gasteiger partial charge in [-0.25, -0.2) is 4.79 Å². The Balaban J connectivity index is 2.31. The van der Waals surface area contributed by atoms with Crippen LogP contribution in [0.5, 0.6) is 0 Å². The lowest BCUT2D eigenvalue weighted by atomic mass is 9.99. The number of aliphatic imine (C=N–C) groups is 1. The molecule has 7 amide bonds. The van der Waals surface area contributed by atoms with E-state index < -0.39 is 108 Å². The molecule has 1 aliphatic rings. The number of cyclic esters (lactones) is 1. The third kappa shape index (κ3) is 22.8. The minimum absolute atomic E-state index is 0.00837. The number of ether oxygens (including phenoxy) is 1. The summed E-state index contributed by atoms with van der Waals surface area (Å²) in [6.45, 7) is 7.74. The number of benzene rings is 1. The van der Waals surface area contributed by atoms with Gasteiger partial charge in [-0.1, -0.05) is 102 Å². The number of rotatable bonds is 24. The number of primary amides is 1.